The van der Waals surface area contributed by atoms with E-state index in [1.54, 1.807) is 19.1 Å². The minimum atomic E-state index is -0.374. The molecular weight excluding hydrogens is 444 g/mol. The highest BCUT2D eigenvalue weighted by molar-refractivity contribution is 6.35. The van der Waals surface area contributed by atoms with E-state index in [4.69, 9.17) is 25.8 Å². The third-order valence-electron chi connectivity index (χ3n) is 6.42. The van der Waals surface area contributed by atoms with Gasteiger partial charge >= 0.3 is 6.09 Å². The zero-order valence-corrected chi connectivity index (χ0v) is 20.1. The number of hydrogen-bond acceptors (Lipinski definition) is 5. The van der Waals surface area contributed by atoms with Crippen molar-refractivity contribution in [1.82, 2.24) is 5.32 Å². The number of alkyl carbamates (subject to hydrolysis) is 1. The molecule has 1 aromatic rings. The van der Waals surface area contributed by atoms with Crippen molar-refractivity contribution in [1.29, 1.82) is 0 Å². The topological polar surface area (TPSA) is 80.4 Å². The summed E-state index contributed by atoms with van der Waals surface area (Å²) >= 11 is 6.55. The van der Waals surface area contributed by atoms with Crippen LogP contribution in [0.1, 0.15) is 44.6 Å². The highest BCUT2D eigenvalue weighted by atomic mass is 35.5. The van der Waals surface area contributed by atoms with Gasteiger partial charge in [0.1, 0.15) is 16.9 Å². The average molecular weight is 475 g/mol. The van der Waals surface area contributed by atoms with Crippen molar-refractivity contribution in [2.75, 3.05) is 19.1 Å². The Morgan fingerprint density at radius 2 is 2.03 bits per heavy atom. The molecule has 0 radical (unpaired) electrons. The second kappa shape index (κ2) is 10.2. The smallest absolute Gasteiger partial charge is 0.407 e. The van der Waals surface area contributed by atoms with Gasteiger partial charge in [0.25, 0.3) is 0 Å². The van der Waals surface area contributed by atoms with Gasteiger partial charge in [-0.25, -0.2) is 4.79 Å². The number of epoxide rings is 1. The summed E-state index contributed by atoms with van der Waals surface area (Å²) in [5, 5.41) is 3.32. The van der Waals surface area contributed by atoms with Gasteiger partial charge in [-0.2, -0.15) is 0 Å². The minimum absolute atomic E-state index is 0.0135. The lowest BCUT2D eigenvalue weighted by Gasteiger charge is -2.29. The lowest BCUT2D eigenvalue weighted by atomic mass is 9.99. The third kappa shape index (κ3) is 5.89. The van der Waals surface area contributed by atoms with Crippen molar-refractivity contribution in [3.8, 4) is 5.75 Å². The maximum absolute atomic E-state index is 12.9. The van der Waals surface area contributed by atoms with Gasteiger partial charge in [0, 0.05) is 32.4 Å². The number of fused-ring (bicyclic) bond motifs is 5. The first kappa shape index (κ1) is 23.6. The molecule has 2 fully saturated rings. The number of anilines is 1. The lowest BCUT2D eigenvalue weighted by Crippen LogP contribution is -2.45. The number of carbonyl (C=O) groups is 2. The molecule has 3 aliphatic rings. The number of benzene rings is 1. The molecule has 1 aromatic carbocycles. The second-order valence-electron chi connectivity index (χ2n) is 9.03. The highest BCUT2D eigenvalue weighted by Gasteiger charge is 2.42. The van der Waals surface area contributed by atoms with E-state index < -0.39 is 0 Å². The molecule has 8 heteroatoms. The van der Waals surface area contributed by atoms with Gasteiger partial charge in [0.15, 0.2) is 0 Å². The van der Waals surface area contributed by atoms with Gasteiger partial charge in [-0.05, 0) is 43.9 Å². The maximum atomic E-state index is 12.9. The number of nitrogens with zero attached hydrogens (tertiary/aromatic N) is 1. The van der Waals surface area contributed by atoms with Gasteiger partial charge in [0.2, 0.25) is 5.91 Å². The van der Waals surface area contributed by atoms with E-state index in [-0.39, 0.29) is 36.4 Å². The number of carbonyl (C=O) groups excluding carboxylic acids is 2. The van der Waals surface area contributed by atoms with Crippen LogP contribution in [-0.4, -0.2) is 50.5 Å². The summed E-state index contributed by atoms with van der Waals surface area (Å²) < 4.78 is 16.7. The maximum Gasteiger partial charge on any atom is 0.407 e. The molecule has 0 spiro atoms. The van der Waals surface area contributed by atoms with Crippen molar-refractivity contribution in [2.45, 2.75) is 69.8 Å². The molecule has 178 valence electrons. The van der Waals surface area contributed by atoms with E-state index >= 15 is 0 Å². The summed E-state index contributed by atoms with van der Waals surface area (Å²) in [6.45, 7) is 2.06. The van der Waals surface area contributed by atoms with E-state index in [1.807, 2.05) is 18.2 Å². The standard InChI is InChI=1S/C25H31ClN2O5/c1-15-6-4-5-7-17-13-18(32-25(30)27-17)14-21-20(33-21)8-9-23(29)28(2)19-11-16(10-15)12-22(31-3)24(19)26/h4-6,11-12,17-18,20-21H,7-10,13-14H2,1-3H3,(H,27,30)/b5-4+,15-6+/t17?,18?,20?,21-/m0/s1. The Labute approximate surface area is 199 Å². The largest absolute Gasteiger partial charge is 0.495 e. The van der Waals surface area contributed by atoms with Crippen molar-refractivity contribution < 1.29 is 23.8 Å². The van der Waals surface area contributed by atoms with Gasteiger partial charge < -0.3 is 24.4 Å². The van der Waals surface area contributed by atoms with Crippen LogP contribution in [0.3, 0.4) is 0 Å². The zero-order valence-electron chi connectivity index (χ0n) is 19.3. The Balaban J connectivity index is 1.58. The Morgan fingerprint density at radius 1 is 1.21 bits per heavy atom. The number of allylic oxidation sites excluding steroid dienone is 3. The number of methoxy groups -OCH3 is 1. The quantitative estimate of drug-likeness (QED) is 0.603. The fourth-order valence-electron chi connectivity index (χ4n) is 4.53. The average Bonchev–Trinajstić information content (AvgIpc) is 3.52. The van der Waals surface area contributed by atoms with Crippen LogP contribution in [0.15, 0.2) is 35.9 Å². The van der Waals surface area contributed by atoms with Crippen LogP contribution in [0, 0.1) is 0 Å². The molecule has 2 amide bonds. The number of amides is 2. The molecule has 4 bridgehead atoms. The summed E-state index contributed by atoms with van der Waals surface area (Å²) in [5.41, 5.74) is 2.80. The number of halogens is 1. The van der Waals surface area contributed by atoms with E-state index in [0.29, 0.717) is 42.1 Å². The molecule has 0 aliphatic carbocycles. The predicted molar refractivity (Wildman–Crippen MR) is 127 cm³/mol. The van der Waals surface area contributed by atoms with Crippen LogP contribution in [0.5, 0.6) is 5.75 Å². The molecule has 3 unspecified atom stereocenters. The summed E-state index contributed by atoms with van der Waals surface area (Å²) in [7, 11) is 3.31. The molecule has 1 N–H and O–H groups in total. The Bertz CT molecular complexity index is 976. The predicted octanol–water partition coefficient (Wildman–Crippen LogP) is 4.56. The minimum Gasteiger partial charge on any atom is -0.495 e. The van der Waals surface area contributed by atoms with E-state index in [9.17, 15) is 9.59 Å². The highest BCUT2D eigenvalue weighted by Crippen LogP contribution is 2.38. The van der Waals surface area contributed by atoms with Crippen LogP contribution in [0.2, 0.25) is 5.02 Å². The van der Waals surface area contributed by atoms with E-state index in [1.165, 1.54) is 0 Å². The lowest BCUT2D eigenvalue weighted by molar-refractivity contribution is -0.118. The fraction of sp³-hybridized carbons (Fsp3) is 0.520. The van der Waals surface area contributed by atoms with Crippen molar-refractivity contribution >= 4 is 29.3 Å². The van der Waals surface area contributed by atoms with Crippen molar-refractivity contribution in [2.24, 2.45) is 0 Å². The summed E-state index contributed by atoms with van der Waals surface area (Å²) in [5.74, 6) is 0.512. The van der Waals surface area contributed by atoms with E-state index in [2.05, 4.69) is 24.4 Å². The molecule has 0 aromatic heterocycles. The van der Waals surface area contributed by atoms with Crippen molar-refractivity contribution in [3.63, 3.8) is 0 Å². The number of hydrogen-bond donors (Lipinski definition) is 1. The summed E-state index contributed by atoms with van der Waals surface area (Å²) in [4.78, 5) is 26.5. The SMILES string of the molecule is COc1cc2cc(c1Cl)N(C)C(=O)CCC1O[C@H]1CC1CC(C/C=C/C=C(\C)C2)NC(=O)O1. The Hall–Kier alpha value is -2.51. The first-order valence-corrected chi connectivity index (χ1v) is 11.8. The molecule has 3 heterocycles. The second-order valence-corrected chi connectivity index (χ2v) is 9.41. The van der Waals surface area contributed by atoms with Crippen LogP contribution in [0.4, 0.5) is 10.5 Å². The zero-order chi connectivity index (χ0) is 23.5. The number of nitrogens with one attached hydrogen (secondary N) is 1. The van der Waals surface area contributed by atoms with Crippen LogP contribution in [-0.2, 0) is 20.7 Å². The number of ether oxygens (including phenoxy) is 3. The van der Waals surface area contributed by atoms with Crippen LogP contribution < -0.4 is 15.0 Å². The molecule has 4 rings (SSSR count). The number of rotatable bonds is 1. The third-order valence-corrected chi connectivity index (χ3v) is 6.80. The molecule has 3 aliphatic heterocycles. The van der Waals surface area contributed by atoms with Crippen LogP contribution >= 0.6 is 11.6 Å². The first-order chi connectivity index (χ1) is 15.8. The molecule has 4 atom stereocenters. The molecule has 2 saturated heterocycles. The molecule has 33 heavy (non-hydrogen) atoms. The molecule has 0 saturated carbocycles. The van der Waals surface area contributed by atoms with Gasteiger partial charge in [-0.1, -0.05) is 35.4 Å². The monoisotopic (exact) mass is 474 g/mol. The summed E-state index contributed by atoms with van der Waals surface area (Å²) in [6.07, 6.45) is 9.45. The van der Waals surface area contributed by atoms with Crippen molar-refractivity contribution in [3.05, 3.63) is 46.5 Å². The van der Waals surface area contributed by atoms with E-state index in [0.717, 1.165) is 24.0 Å². The Kier molecular flexibility index (Phi) is 7.29. The first-order valence-electron chi connectivity index (χ1n) is 11.4. The fourth-order valence-corrected chi connectivity index (χ4v) is 4.85. The summed E-state index contributed by atoms with van der Waals surface area (Å²) in [6, 6.07) is 3.90. The van der Waals surface area contributed by atoms with Gasteiger partial charge in [0.05, 0.1) is 25.0 Å². The van der Waals surface area contributed by atoms with Gasteiger partial charge in [-0.15, -0.1) is 0 Å². The van der Waals surface area contributed by atoms with Crippen LogP contribution in [0.25, 0.3) is 0 Å². The van der Waals surface area contributed by atoms with Gasteiger partial charge in [-0.3, -0.25) is 4.79 Å². The molecule has 7 nitrogen and oxygen atoms in total. The normalized spacial score (nSPS) is 30.9. The molecular formula is C25H31ClN2O5. The Morgan fingerprint density at radius 3 is 2.82 bits per heavy atom.